The topological polar surface area (TPSA) is 59.8 Å². The number of nitrogens with one attached hydrogen (secondary N) is 1. The quantitative estimate of drug-likeness (QED) is 0.699. The van der Waals surface area contributed by atoms with Gasteiger partial charge in [-0.25, -0.2) is 0 Å². The van der Waals surface area contributed by atoms with E-state index >= 15 is 0 Å². The highest BCUT2D eigenvalue weighted by molar-refractivity contribution is 6.04. The predicted molar refractivity (Wildman–Crippen MR) is 97.6 cm³/mol. The Labute approximate surface area is 159 Å². The van der Waals surface area contributed by atoms with Crippen LogP contribution >= 0.6 is 0 Å². The van der Waals surface area contributed by atoms with Crippen molar-refractivity contribution in [2.45, 2.75) is 19.6 Å². The van der Waals surface area contributed by atoms with Crippen LogP contribution in [-0.4, -0.2) is 26.8 Å². The van der Waals surface area contributed by atoms with Crippen molar-refractivity contribution in [2.75, 3.05) is 5.32 Å². The second-order valence-electron chi connectivity index (χ2n) is 6.02. The Morgan fingerprint density at radius 3 is 2.75 bits per heavy atom. The van der Waals surface area contributed by atoms with Gasteiger partial charge < -0.3 is 5.32 Å². The molecule has 3 aromatic rings. The Morgan fingerprint density at radius 2 is 2.04 bits per heavy atom. The third kappa shape index (κ3) is 5.20. The Balaban J connectivity index is 1.75. The lowest BCUT2D eigenvalue weighted by molar-refractivity contribution is -0.142. The molecule has 28 heavy (non-hydrogen) atoms. The molecule has 0 saturated heterocycles. The van der Waals surface area contributed by atoms with Gasteiger partial charge in [0.25, 0.3) is 5.91 Å². The third-order valence-electron chi connectivity index (χ3n) is 3.74. The maximum absolute atomic E-state index is 12.4. The number of carbonyl (C=O) groups is 1. The summed E-state index contributed by atoms with van der Waals surface area (Å²) in [6, 6.07) is 8.62. The molecule has 0 unspecified atom stereocenters. The standard InChI is InChI=1S/C20H15F3N4O/c1-14-4-6-17(9-16(14)7-5-15-3-2-8-24-10-15)19(28)26-18-11-25-27(12-18)13-20(21,22)23/h2-4,6,8-12H,13H2,1H3,(H,26,28). The van der Waals surface area contributed by atoms with Gasteiger partial charge in [0, 0.05) is 35.3 Å². The molecule has 0 aliphatic heterocycles. The number of rotatable bonds is 3. The van der Waals surface area contributed by atoms with E-state index in [1.165, 1.54) is 6.20 Å². The summed E-state index contributed by atoms with van der Waals surface area (Å²) >= 11 is 0. The second-order valence-corrected chi connectivity index (χ2v) is 6.02. The van der Waals surface area contributed by atoms with E-state index in [2.05, 4.69) is 27.2 Å². The Hall–Kier alpha value is -3.60. The second kappa shape index (κ2) is 7.96. The van der Waals surface area contributed by atoms with Crippen molar-refractivity contribution in [1.82, 2.24) is 14.8 Å². The van der Waals surface area contributed by atoms with E-state index in [0.29, 0.717) is 11.1 Å². The average molecular weight is 384 g/mol. The van der Waals surface area contributed by atoms with Crippen molar-refractivity contribution in [2.24, 2.45) is 0 Å². The highest BCUT2D eigenvalue weighted by atomic mass is 19.4. The van der Waals surface area contributed by atoms with Crippen molar-refractivity contribution >= 4 is 11.6 Å². The molecule has 1 aromatic carbocycles. The number of anilines is 1. The normalized spacial score (nSPS) is 10.9. The molecule has 0 aliphatic carbocycles. The summed E-state index contributed by atoms with van der Waals surface area (Å²) < 4.78 is 37.9. The number of hydrogen-bond donors (Lipinski definition) is 1. The van der Waals surface area contributed by atoms with Crippen LogP contribution in [0.4, 0.5) is 18.9 Å². The zero-order chi connectivity index (χ0) is 20.1. The van der Waals surface area contributed by atoms with Crippen molar-refractivity contribution in [3.8, 4) is 11.8 Å². The van der Waals surface area contributed by atoms with Gasteiger partial charge in [0.05, 0.1) is 11.9 Å². The maximum Gasteiger partial charge on any atom is 0.408 e. The van der Waals surface area contributed by atoms with Gasteiger partial charge in [-0.2, -0.15) is 18.3 Å². The first-order chi connectivity index (χ1) is 13.3. The smallest absolute Gasteiger partial charge is 0.319 e. The van der Waals surface area contributed by atoms with Gasteiger partial charge in [-0.05, 0) is 36.8 Å². The predicted octanol–water partition coefficient (Wildman–Crippen LogP) is 3.80. The van der Waals surface area contributed by atoms with E-state index in [-0.39, 0.29) is 5.69 Å². The van der Waals surface area contributed by atoms with Crippen LogP contribution in [0.25, 0.3) is 0 Å². The fourth-order valence-electron chi connectivity index (χ4n) is 2.38. The number of aryl methyl sites for hydroxylation is 1. The first-order valence-corrected chi connectivity index (χ1v) is 8.23. The van der Waals surface area contributed by atoms with Crippen LogP contribution in [0.15, 0.2) is 55.1 Å². The van der Waals surface area contributed by atoms with Crippen LogP contribution in [0.1, 0.15) is 27.0 Å². The van der Waals surface area contributed by atoms with Gasteiger partial charge in [0.15, 0.2) is 0 Å². The molecule has 5 nitrogen and oxygen atoms in total. The first kappa shape index (κ1) is 19.2. The highest BCUT2D eigenvalue weighted by Crippen LogP contribution is 2.18. The molecule has 0 saturated carbocycles. The number of alkyl halides is 3. The number of nitrogens with zero attached hydrogens (tertiary/aromatic N) is 3. The van der Waals surface area contributed by atoms with Gasteiger partial charge in [0.2, 0.25) is 0 Å². The molecule has 0 fully saturated rings. The molecule has 1 amide bonds. The van der Waals surface area contributed by atoms with Gasteiger partial charge in [0.1, 0.15) is 6.54 Å². The third-order valence-corrected chi connectivity index (χ3v) is 3.74. The van der Waals surface area contributed by atoms with Crippen molar-refractivity contribution < 1.29 is 18.0 Å². The number of pyridine rings is 1. The largest absolute Gasteiger partial charge is 0.408 e. The Morgan fingerprint density at radius 1 is 1.21 bits per heavy atom. The SMILES string of the molecule is Cc1ccc(C(=O)Nc2cnn(CC(F)(F)F)c2)cc1C#Cc1cccnc1. The zero-order valence-electron chi connectivity index (χ0n) is 14.8. The van der Waals surface area contributed by atoms with Crippen molar-refractivity contribution in [3.05, 3.63) is 77.4 Å². The van der Waals surface area contributed by atoms with Gasteiger partial charge in [-0.1, -0.05) is 17.9 Å². The number of amides is 1. The summed E-state index contributed by atoms with van der Waals surface area (Å²) in [5.74, 6) is 5.52. The average Bonchev–Trinajstić information content (AvgIpc) is 3.06. The first-order valence-electron chi connectivity index (χ1n) is 8.23. The fraction of sp³-hybridized carbons (Fsp3) is 0.150. The summed E-state index contributed by atoms with van der Waals surface area (Å²) in [4.78, 5) is 16.4. The summed E-state index contributed by atoms with van der Waals surface area (Å²) in [6.45, 7) is 0.650. The van der Waals surface area contributed by atoms with E-state index in [4.69, 9.17) is 0 Å². The molecule has 0 bridgehead atoms. The van der Waals surface area contributed by atoms with Gasteiger partial charge in [-0.15, -0.1) is 0 Å². The monoisotopic (exact) mass is 384 g/mol. The van der Waals surface area contributed by atoms with Crippen LogP contribution in [0.3, 0.4) is 0 Å². The number of carbonyl (C=O) groups excluding carboxylic acids is 1. The van der Waals surface area contributed by atoms with E-state index in [0.717, 1.165) is 22.0 Å². The molecular weight excluding hydrogens is 369 g/mol. The van der Waals surface area contributed by atoms with E-state index in [9.17, 15) is 18.0 Å². The molecule has 0 atom stereocenters. The molecule has 2 aromatic heterocycles. The van der Waals surface area contributed by atoms with Crippen molar-refractivity contribution in [3.63, 3.8) is 0 Å². The lowest BCUT2D eigenvalue weighted by Gasteiger charge is -2.06. The summed E-state index contributed by atoms with van der Waals surface area (Å²) in [6.07, 6.45) is 1.20. The lowest BCUT2D eigenvalue weighted by atomic mass is 10.0. The Kier molecular flexibility index (Phi) is 5.45. The maximum atomic E-state index is 12.4. The van der Waals surface area contributed by atoms with Crippen LogP contribution in [-0.2, 0) is 6.54 Å². The molecule has 3 rings (SSSR count). The minimum Gasteiger partial charge on any atom is -0.319 e. The summed E-state index contributed by atoms with van der Waals surface area (Å²) in [5, 5.41) is 6.13. The molecule has 8 heteroatoms. The molecule has 2 heterocycles. The molecule has 0 aliphatic rings. The minimum atomic E-state index is -4.38. The van der Waals surface area contributed by atoms with Crippen LogP contribution in [0.5, 0.6) is 0 Å². The molecule has 0 radical (unpaired) electrons. The molecule has 1 N–H and O–H groups in total. The fourth-order valence-corrected chi connectivity index (χ4v) is 2.38. The van der Waals surface area contributed by atoms with Crippen LogP contribution in [0, 0.1) is 18.8 Å². The van der Waals surface area contributed by atoms with E-state index in [1.807, 2.05) is 13.0 Å². The van der Waals surface area contributed by atoms with Crippen LogP contribution in [0.2, 0.25) is 0 Å². The minimum absolute atomic E-state index is 0.179. The van der Waals surface area contributed by atoms with Crippen LogP contribution < -0.4 is 5.32 Å². The molecular formula is C20H15F3N4O. The summed E-state index contributed by atoms with van der Waals surface area (Å²) in [7, 11) is 0. The molecule has 0 spiro atoms. The number of aromatic nitrogens is 3. The lowest BCUT2D eigenvalue weighted by Crippen LogP contribution is -2.18. The van der Waals surface area contributed by atoms with Crippen molar-refractivity contribution in [1.29, 1.82) is 0 Å². The Bertz CT molecular complexity index is 1050. The van der Waals surface area contributed by atoms with E-state index < -0.39 is 18.6 Å². The summed E-state index contributed by atoms with van der Waals surface area (Å²) in [5.41, 5.74) is 2.83. The van der Waals surface area contributed by atoms with E-state index in [1.54, 1.807) is 36.7 Å². The van der Waals surface area contributed by atoms with Gasteiger partial charge >= 0.3 is 6.18 Å². The zero-order valence-corrected chi connectivity index (χ0v) is 14.8. The number of hydrogen-bond acceptors (Lipinski definition) is 3. The molecule has 142 valence electrons. The number of benzene rings is 1. The number of halogens is 3. The highest BCUT2D eigenvalue weighted by Gasteiger charge is 2.28. The van der Waals surface area contributed by atoms with Gasteiger partial charge in [-0.3, -0.25) is 14.5 Å².